The minimum Gasteiger partial charge on any atom is -0.394 e. The molecule has 0 spiro atoms. The van der Waals surface area contributed by atoms with Crippen LogP contribution >= 0.6 is 0 Å². The van der Waals surface area contributed by atoms with Crippen LogP contribution in [0.4, 0.5) is 0 Å². The summed E-state index contributed by atoms with van der Waals surface area (Å²) >= 11 is 0. The SMILES string of the molecule is O=C1NC(CO)C1NCOCc1ccccc1. The van der Waals surface area contributed by atoms with Gasteiger partial charge in [-0.25, -0.2) is 0 Å². The number of aliphatic hydroxyl groups excluding tert-OH is 1. The average molecular weight is 236 g/mol. The van der Waals surface area contributed by atoms with E-state index in [1.165, 1.54) is 0 Å². The minimum absolute atomic E-state index is 0.0535. The Balaban J connectivity index is 1.65. The zero-order chi connectivity index (χ0) is 12.1. The summed E-state index contributed by atoms with van der Waals surface area (Å²) in [7, 11) is 0. The molecule has 92 valence electrons. The van der Waals surface area contributed by atoms with Crippen LogP contribution in [0.5, 0.6) is 0 Å². The fraction of sp³-hybridized carbons (Fsp3) is 0.417. The van der Waals surface area contributed by atoms with E-state index < -0.39 is 0 Å². The van der Waals surface area contributed by atoms with Gasteiger partial charge in [0.15, 0.2) is 0 Å². The van der Waals surface area contributed by atoms with E-state index in [0.29, 0.717) is 13.3 Å². The van der Waals surface area contributed by atoms with Crippen molar-refractivity contribution in [2.24, 2.45) is 0 Å². The Kier molecular flexibility index (Phi) is 4.08. The first-order valence-corrected chi connectivity index (χ1v) is 5.57. The minimum atomic E-state index is -0.337. The molecule has 0 saturated carbocycles. The van der Waals surface area contributed by atoms with Gasteiger partial charge in [-0.3, -0.25) is 10.1 Å². The van der Waals surface area contributed by atoms with Crippen molar-refractivity contribution in [3.8, 4) is 0 Å². The molecule has 1 aliphatic rings. The monoisotopic (exact) mass is 236 g/mol. The second-order valence-corrected chi connectivity index (χ2v) is 3.96. The first-order chi connectivity index (χ1) is 8.31. The quantitative estimate of drug-likeness (QED) is 0.357. The molecule has 2 rings (SSSR count). The Bertz CT molecular complexity index is 369. The highest BCUT2D eigenvalue weighted by Crippen LogP contribution is 2.05. The molecule has 0 radical (unpaired) electrons. The highest BCUT2D eigenvalue weighted by Gasteiger charge is 2.38. The molecule has 1 heterocycles. The molecule has 17 heavy (non-hydrogen) atoms. The van der Waals surface area contributed by atoms with Gasteiger partial charge in [0.2, 0.25) is 5.91 Å². The van der Waals surface area contributed by atoms with Gasteiger partial charge >= 0.3 is 0 Å². The number of amides is 1. The van der Waals surface area contributed by atoms with Crippen LogP contribution in [0.1, 0.15) is 5.56 Å². The number of nitrogens with one attached hydrogen (secondary N) is 2. The van der Waals surface area contributed by atoms with E-state index >= 15 is 0 Å². The van der Waals surface area contributed by atoms with Gasteiger partial charge in [-0.1, -0.05) is 30.3 Å². The summed E-state index contributed by atoms with van der Waals surface area (Å²) in [6, 6.07) is 9.28. The Morgan fingerprint density at radius 3 is 2.76 bits per heavy atom. The maximum Gasteiger partial charge on any atom is 0.239 e. The molecular formula is C12H16N2O3. The molecule has 5 heteroatoms. The van der Waals surface area contributed by atoms with Crippen LogP contribution in [-0.2, 0) is 16.1 Å². The van der Waals surface area contributed by atoms with Crippen molar-refractivity contribution in [3.05, 3.63) is 35.9 Å². The van der Waals surface area contributed by atoms with Gasteiger partial charge in [0.1, 0.15) is 6.04 Å². The van der Waals surface area contributed by atoms with E-state index in [4.69, 9.17) is 9.84 Å². The number of ether oxygens (including phenoxy) is 1. The van der Waals surface area contributed by atoms with Gasteiger partial charge < -0.3 is 15.2 Å². The van der Waals surface area contributed by atoms with Crippen molar-refractivity contribution < 1.29 is 14.6 Å². The topological polar surface area (TPSA) is 70.6 Å². The zero-order valence-corrected chi connectivity index (χ0v) is 9.43. The van der Waals surface area contributed by atoms with Gasteiger partial charge in [-0.2, -0.15) is 0 Å². The van der Waals surface area contributed by atoms with E-state index in [2.05, 4.69) is 10.6 Å². The number of β-lactam (4-membered cyclic amide) rings is 1. The third kappa shape index (κ3) is 3.03. The molecule has 1 aliphatic heterocycles. The lowest BCUT2D eigenvalue weighted by atomic mass is 10.0. The summed E-state index contributed by atoms with van der Waals surface area (Å²) in [5.74, 6) is -0.0904. The fourth-order valence-corrected chi connectivity index (χ4v) is 1.72. The van der Waals surface area contributed by atoms with Crippen LogP contribution < -0.4 is 10.6 Å². The lowest BCUT2D eigenvalue weighted by molar-refractivity contribution is -0.133. The number of rotatable bonds is 6. The number of hydrogen-bond donors (Lipinski definition) is 3. The standard InChI is InChI=1S/C12H16N2O3/c15-6-10-11(12(16)14-10)13-8-17-7-9-4-2-1-3-5-9/h1-5,10-11,13,15H,6-8H2,(H,14,16). The number of benzene rings is 1. The third-order valence-electron chi connectivity index (χ3n) is 2.73. The molecule has 0 aliphatic carbocycles. The van der Waals surface area contributed by atoms with E-state index in [1.807, 2.05) is 30.3 Å². The van der Waals surface area contributed by atoms with Crippen LogP contribution in [0.15, 0.2) is 30.3 Å². The van der Waals surface area contributed by atoms with Crippen molar-refractivity contribution in [2.75, 3.05) is 13.3 Å². The number of carbonyl (C=O) groups is 1. The number of carbonyl (C=O) groups excluding carboxylic acids is 1. The molecule has 1 aromatic rings. The Hall–Kier alpha value is -1.43. The van der Waals surface area contributed by atoms with E-state index in [1.54, 1.807) is 0 Å². The molecule has 5 nitrogen and oxygen atoms in total. The van der Waals surface area contributed by atoms with Gasteiger partial charge in [0, 0.05) is 0 Å². The molecule has 1 aromatic carbocycles. The second kappa shape index (κ2) is 5.77. The third-order valence-corrected chi connectivity index (χ3v) is 2.73. The Morgan fingerprint density at radius 1 is 1.35 bits per heavy atom. The van der Waals surface area contributed by atoms with Gasteiger partial charge in [0.25, 0.3) is 0 Å². The molecular weight excluding hydrogens is 220 g/mol. The normalized spacial score (nSPS) is 23.0. The van der Waals surface area contributed by atoms with Gasteiger partial charge in [-0.15, -0.1) is 0 Å². The van der Waals surface area contributed by atoms with Crippen LogP contribution in [-0.4, -0.2) is 36.4 Å². The molecule has 3 N–H and O–H groups in total. The summed E-state index contributed by atoms with van der Waals surface area (Å²) < 4.78 is 5.39. The summed E-state index contributed by atoms with van der Waals surface area (Å²) in [5, 5.41) is 14.5. The van der Waals surface area contributed by atoms with E-state index in [9.17, 15) is 4.79 Å². The van der Waals surface area contributed by atoms with Crippen molar-refractivity contribution >= 4 is 5.91 Å². The lowest BCUT2D eigenvalue weighted by Gasteiger charge is -2.35. The maximum atomic E-state index is 11.1. The molecule has 0 bridgehead atoms. The first-order valence-electron chi connectivity index (χ1n) is 5.57. The Labute approximate surface area is 99.8 Å². The van der Waals surface area contributed by atoms with Crippen molar-refractivity contribution in [1.82, 2.24) is 10.6 Å². The fourth-order valence-electron chi connectivity index (χ4n) is 1.72. The summed E-state index contributed by atoms with van der Waals surface area (Å²) in [6.45, 7) is 0.748. The number of aliphatic hydroxyl groups is 1. The van der Waals surface area contributed by atoms with Gasteiger partial charge in [-0.05, 0) is 5.56 Å². The first kappa shape index (κ1) is 12.0. The van der Waals surface area contributed by atoms with Crippen LogP contribution in [0.25, 0.3) is 0 Å². The molecule has 1 saturated heterocycles. The summed E-state index contributed by atoms with van der Waals surface area (Å²) in [4.78, 5) is 11.1. The molecule has 2 atom stereocenters. The van der Waals surface area contributed by atoms with E-state index in [-0.39, 0.29) is 24.6 Å². The molecule has 1 fully saturated rings. The number of hydrogen-bond acceptors (Lipinski definition) is 4. The summed E-state index contributed by atoms with van der Waals surface area (Å²) in [6.07, 6.45) is 0. The van der Waals surface area contributed by atoms with Crippen LogP contribution in [0.2, 0.25) is 0 Å². The highest BCUT2D eigenvalue weighted by molar-refractivity contribution is 5.89. The molecule has 0 aromatic heterocycles. The van der Waals surface area contributed by atoms with Crippen LogP contribution in [0.3, 0.4) is 0 Å². The molecule has 1 amide bonds. The second-order valence-electron chi connectivity index (χ2n) is 3.96. The highest BCUT2D eigenvalue weighted by atomic mass is 16.5. The van der Waals surface area contributed by atoms with Crippen molar-refractivity contribution in [2.45, 2.75) is 18.7 Å². The molecule has 2 unspecified atom stereocenters. The van der Waals surface area contributed by atoms with Gasteiger partial charge in [0.05, 0.1) is 26.0 Å². The van der Waals surface area contributed by atoms with Crippen molar-refractivity contribution in [1.29, 1.82) is 0 Å². The predicted molar refractivity (Wildman–Crippen MR) is 62.0 cm³/mol. The Morgan fingerprint density at radius 2 is 2.12 bits per heavy atom. The zero-order valence-electron chi connectivity index (χ0n) is 9.43. The predicted octanol–water partition coefficient (Wildman–Crippen LogP) is -0.390. The summed E-state index contributed by atoms with van der Waals surface area (Å²) in [5.41, 5.74) is 1.09. The van der Waals surface area contributed by atoms with E-state index in [0.717, 1.165) is 5.56 Å². The largest absolute Gasteiger partial charge is 0.394 e. The average Bonchev–Trinajstić information content (AvgIpc) is 2.36. The maximum absolute atomic E-state index is 11.1. The smallest absolute Gasteiger partial charge is 0.239 e. The lowest BCUT2D eigenvalue weighted by Crippen LogP contribution is -2.69. The van der Waals surface area contributed by atoms with Crippen LogP contribution in [0, 0.1) is 0 Å². The van der Waals surface area contributed by atoms with Crippen molar-refractivity contribution in [3.63, 3.8) is 0 Å².